The Labute approximate surface area is 206 Å². The van der Waals surface area contributed by atoms with Gasteiger partial charge in [-0.3, -0.25) is 23.9 Å². The molecule has 0 saturated heterocycles. The van der Waals surface area contributed by atoms with E-state index in [0.717, 1.165) is 28.8 Å². The summed E-state index contributed by atoms with van der Waals surface area (Å²) in [5.41, 5.74) is 3.48. The van der Waals surface area contributed by atoms with E-state index in [1.165, 1.54) is 10.6 Å². The SMILES string of the molecule is O=C(Cc1ccc2c(c1)CC=N2)Cn1c(=O)c(C(=O)NCc2ccc(Cl)cc2)cc2cccnc21. The van der Waals surface area contributed by atoms with Crippen LogP contribution in [0.2, 0.25) is 5.02 Å². The molecule has 5 rings (SSSR count). The second kappa shape index (κ2) is 9.64. The zero-order valence-corrected chi connectivity index (χ0v) is 19.5. The van der Waals surface area contributed by atoms with Gasteiger partial charge >= 0.3 is 0 Å². The Bertz CT molecular complexity index is 1540. The lowest BCUT2D eigenvalue weighted by Gasteiger charge is -2.12. The van der Waals surface area contributed by atoms with Gasteiger partial charge in [0, 0.05) is 42.2 Å². The summed E-state index contributed by atoms with van der Waals surface area (Å²) in [6, 6.07) is 17.8. The Morgan fingerprint density at radius 3 is 2.66 bits per heavy atom. The van der Waals surface area contributed by atoms with Gasteiger partial charge in [-0.1, -0.05) is 35.9 Å². The minimum Gasteiger partial charge on any atom is -0.348 e. The number of halogens is 1. The second-order valence-electron chi connectivity index (χ2n) is 8.37. The van der Waals surface area contributed by atoms with E-state index in [2.05, 4.69) is 15.3 Å². The molecule has 0 atom stereocenters. The summed E-state index contributed by atoms with van der Waals surface area (Å²) in [5, 5.41) is 3.97. The van der Waals surface area contributed by atoms with Gasteiger partial charge in [0.2, 0.25) is 0 Å². The van der Waals surface area contributed by atoms with Crippen LogP contribution in [0.3, 0.4) is 0 Å². The average molecular weight is 485 g/mol. The molecule has 0 saturated carbocycles. The zero-order chi connectivity index (χ0) is 24.4. The summed E-state index contributed by atoms with van der Waals surface area (Å²) in [4.78, 5) is 47.8. The van der Waals surface area contributed by atoms with E-state index >= 15 is 0 Å². The normalized spacial score (nSPS) is 12.0. The Balaban J connectivity index is 1.39. The molecule has 2 aromatic carbocycles. The maximum absolute atomic E-state index is 13.3. The van der Waals surface area contributed by atoms with Crippen LogP contribution in [0.15, 0.2) is 76.6 Å². The monoisotopic (exact) mass is 484 g/mol. The largest absolute Gasteiger partial charge is 0.348 e. The number of amides is 1. The lowest BCUT2D eigenvalue weighted by molar-refractivity contribution is -0.119. The number of benzene rings is 2. The van der Waals surface area contributed by atoms with Gasteiger partial charge in [0.15, 0.2) is 5.78 Å². The van der Waals surface area contributed by atoms with Crippen LogP contribution in [0.5, 0.6) is 0 Å². The average Bonchev–Trinajstić information content (AvgIpc) is 3.33. The number of hydrogen-bond donors (Lipinski definition) is 1. The summed E-state index contributed by atoms with van der Waals surface area (Å²) in [7, 11) is 0. The number of aromatic nitrogens is 2. The lowest BCUT2D eigenvalue weighted by atomic mass is 10.0. The molecule has 1 amide bonds. The zero-order valence-electron chi connectivity index (χ0n) is 18.7. The number of nitrogens with zero attached hydrogens (tertiary/aromatic N) is 3. The van der Waals surface area contributed by atoms with Crippen molar-refractivity contribution in [2.75, 3.05) is 0 Å². The first-order chi connectivity index (χ1) is 17.0. The van der Waals surface area contributed by atoms with E-state index in [4.69, 9.17) is 11.6 Å². The number of ketones is 1. The number of hydrogen-bond acceptors (Lipinski definition) is 5. The van der Waals surface area contributed by atoms with Crippen molar-refractivity contribution in [3.8, 4) is 0 Å². The van der Waals surface area contributed by atoms with Crippen LogP contribution >= 0.6 is 11.6 Å². The summed E-state index contributed by atoms with van der Waals surface area (Å²) < 4.78 is 1.28. The summed E-state index contributed by atoms with van der Waals surface area (Å²) in [6.45, 7) is 0.0553. The fourth-order valence-corrected chi connectivity index (χ4v) is 4.26. The molecule has 1 aliphatic rings. The Hall–Kier alpha value is -4.10. The molecule has 2 aromatic heterocycles. The maximum atomic E-state index is 13.3. The third-order valence-corrected chi connectivity index (χ3v) is 6.13. The molecule has 3 heterocycles. The molecule has 174 valence electrons. The third kappa shape index (κ3) is 4.90. The Morgan fingerprint density at radius 2 is 1.83 bits per heavy atom. The topological polar surface area (TPSA) is 93.4 Å². The van der Waals surface area contributed by atoms with E-state index in [1.807, 2.05) is 24.4 Å². The molecule has 0 fully saturated rings. The fourth-order valence-electron chi connectivity index (χ4n) is 4.14. The van der Waals surface area contributed by atoms with Gasteiger partial charge in [0.25, 0.3) is 11.5 Å². The molecule has 0 aliphatic carbocycles. The van der Waals surface area contributed by atoms with Crippen molar-refractivity contribution in [1.29, 1.82) is 0 Å². The maximum Gasteiger partial charge on any atom is 0.265 e. The Morgan fingerprint density at radius 1 is 1.03 bits per heavy atom. The smallest absolute Gasteiger partial charge is 0.265 e. The predicted molar refractivity (Wildman–Crippen MR) is 136 cm³/mol. The van der Waals surface area contributed by atoms with Crippen molar-refractivity contribution < 1.29 is 9.59 Å². The predicted octanol–water partition coefficient (Wildman–Crippen LogP) is 4.05. The van der Waals surface area contributed by atoms with E-state index in [1.54, 1.807) is 42.6 Å². The molecule has 0 radical (unpaired) electrons. The molecule has 0 bridgehead atoms. The Kier molecular flexibility index (Phi) is 6.25. The van der Waals surface area contributed by atoms with Crippen LogP contribution in [-0.2, 0) is 30.7 Å². The molecule has 4 aromatic rings. The van der Waals surface area contributed by atoms with Crippen molar-refractivity contribution in [1.82, 2.24) is 14.9 Å². The number of carbonyl (C=O) groups is 2. The number of Topliss-reactive ketones (excluding diaryl/α,β-unsaturated/α-hetero) is 1. The van der Waals surface area contributed by atoms with Gasteiger partial charge in [-0.15, -0.1) is 0 Å². The highest BCUT2D eigenvalue weighted by molar-refractivity contribution is 6.30. The first kappa shape index (κ1) is 22.7. The number of fused-ring (bicyclic) bond motifs is 2. The minimum atomic E-state index is -0.555. The standard InChI is InChI=1S/C27H21ClN4O3/c28-21-6-3-17(4-7-21)15-31-26(34)23-14-20-2-1-10-30-25(20)32(27(23)35)16-22(33)13-18-5-8-24-19(12-18)9-11-29-24/h1-8,10-12,14H,9,13,15-16H2,(H,31,34). The molecule has 35 heavy (non-hydrogen) atoms. The third-order valence-electron chi connectivity index (χ3n) is 5.88. The van der Waals surface area contributed by atoms with Crippen LogP contribution in [-0.4, -0.2) is 27.5 Å². The highest BCUT2D eigenvalue weighted by atomic mass is 35.5. The summed E-state index contributed by atoms with van der Waals surface area (Å²) in [6.07, 6.45) is 4.32. The summed E-state index contributed by atoms with van der Waals surface area (Å²) in [5.74, 6) is -0.674. The van der Waals surface area contributed by atoms with Gasteiger partial charge in [-0.2, -0.15) is 0 Å². The molecular formula is C27H21ClN4O3. The number of rotatable bonds is 7. The van der Waals surface area contributed by atoms with Crippen molar-refractivity contribution in [3.63, 3.8) is 0 Å². The quantitative estimate of drug-likeness (QED) is 0.428. The lowest BCUT2D eigenvalue weighted by Crippen LogP contribution is -2.34. The van der Waals surface area contributed by atoms with Crippen LogP contribution in [0.25, 0.3) is 11.0 Å². The first-order valence-electron chi connectivity index (χ1n) is 11.2. The molecule has 8 heteroatoms. The van der Waals surface area contributed by atoms with E-state index < -0.39 is 11.5 Å². The second-order valence-corrected chi connectivity index (χ2v) is 8.81. The van der Waals surface area contributed by atoms with Crippen LogP contribution < -0.4 is 10.9 Å². The number of pyridine rings is 2. The molecule has 7 nitrogen and oxygen atoms in total. The highest BCUT2D eigenvalue weighted by Crippen LogP contribution is 2.25. The van der Waals surface area contributed by atoms with E-state index in [-0.39, 0.29) is 30.9 Å². The minimum absolute atomic E-state index is 0.0399. The van der Waals surface area contributed by atoms with E-state index in [0.29, 0.717) is 16.1 Å². The van der Waals surface area contributed by atoms with Crippen molar-refractivity contribution in [2.24, 2.45) is 4.99 Å². The number of carbonyl (C=O) groups excluding carboxylic acids is 2. The van der Waals surface area contributed by atoms with Crippen LogP contribution in [0.4, 0.5) is 5.69 Å². The number of nitrogens with one attached hydrogen (secondary N) is 1. The van der Waals surface area contributed by atoms with Gasteiger partial charge in [-0.05, 0) is 53.1 Å². The molecule has 1 aliphatic heterocycles. The number of aliphatic imine (C=N–C) groups is 1. The van der Waals surface area contributed by atoms with Gasteiger partial charge in [0.05, 0.1) is 12.2 Å². The molecule has 0 unspecified atom stereocenters. The van der Waals surface area contributed by atoms with Crippen molar-refractivity contribution in [3.05, 3.63) is 104 Å². The first-order valence-corrected chi connectivity index (χ1v) is 11.5. The van der Waals surface area contributed by atoms with Gasteiger partial charge in [0.1, 0.15) is 11.2 Å². The van der Waals surface area contributed by atoms with Crippen LogP contribution in [0, 0.1) is 0 Å². The van der Waals surface area contributed by atoms with Gasteiger partial charge in [-0.25, -0.2) is 4.98 Å². The molecule has 1 N–H and O–H groups in total. The van der Waals surface area contributed by atoms with E-state index in [9.17, 15) is 14.4 Å². The van der Waals surface area contributed by atoms with Crippen molar-refractivity contribution in [2.45, 2.75) is 25.9 Å². The van der Waals surface area contributed by atoms with Gasteiger partial charge < -0.3 is 5.32 Å². The molecule has 0 spiro atoms. The molecular weight excluding hydrogens is 464 g/mol. The summed E-state index contributed by atoms with van der Waals surface area (Å²) >= 11 is 5.91. The van der Waals surface area contributed by atoms with Crippen molar-refractivity contribution >= 4 is 46.2 Å². The fraction of sp³-hybridized carbons (Fsp3) is 0.148. The van der Waals surface area contributed by atoms with Crippen LogP contribution in [0.1, 0.15) is 27.0 Å². The highest BCUT2D eigenvalue weighted by Gasteiger charge is 2.18.